The van der Waals surface area contributed by atoms with Crippen LogP contribution in [0.5, 0.6) is 0 Å². The molecule has 0 aliphatic heterocycles. The summed E-state index contributed by atoms with van der Waals surface area (Å²) in [4.78, 5) is 20.2. The lowest BCUT2D eigenvalue weighted by molar-refractivity contribution is -0.118. The van der Waals surface area contributed by atoms with Crippen molar-refractivity contribution in [1.29, 1.82) is 0 Å². The molecule has 0 saturated heterocycles. The van der Waals surface area contributed by atoms with Crippen LogP contribution in [0.15, 0.2) is 29.2 Å². The highest BCUT2D eigenvalue weighted by atomic mass is 32.2. The van der Waals surface area contributed by atoms with Gasteiger partial charge < -0.3 is 0 Å². The third kappa shape index (κ3) is 4.35. The Hall–Kier alpha value is -3.21. The molecule has 0 spiro atoms. The number of aryl methyl sites for hydroxylation is 3. The van der Waals surface area contributed by atoms with E-state index in [4.69, 9.17) is 0 Å². The first kappa shape index (κ1) is 21.5. The summed E-state index contributed by atoms with van der Waals surface area (Å²) in [5.41, 5.74) is 3.05. The van der Waals surface area contributed by atoms with E-state index in [0.29, 0.717) is 29.0 Å². The van der Waals surface area contributed by atoms with E-state index < -0.39 is 32.5 Å². The summed E-state index contributed by atoms with van der Waals surface area (Å²) in [5, 5.41) is 4.35. The number of nitrogens with one attached hydrogen (secondary N) is 1. The Morgan fingerprint density at radius 1 is 1.07 bits per heavy atom. The van der Waals surface area contributed by atoms with Crippen molar-refractivity contribution >= 4 is 15.9 Å². The summed E-state index contributed by atoms with van der Waals surface area (Å²) < 4.78 is 54.7. The maximum atomic E-state index is 13.8. The molecule has 158 valence electrons. The smallest absolute Gasteiger partial charge is 0.266 e. The third-order valence-electron chi connectivity index (χ3n) is 4.37. The Balaban J connectivity index is 1.86. The molecule has 30 heavy (non-hydrogen) atoms. The van der Waals surface area contributed by atoms with Crippen LogP contribution in [0.2, 0.25) is 0 Å². The number of carbonyl (C=O) groups is 1. The van der Waals surface area contributed by atoms with Crippen molar-refractivity contribution in [3.63, 3.8) is 0 Å². The minimum absolute atomic E-state index is 0.315. The van der Waals surface area contributed by atoms with E-state index in [-0.39, 0.29) is 6.42 Å². The lowest BCUT2D eigenvalue weighted by Gasteiger charge is -2.09. The van der Waals surface area contributed by atoms with Gasteiger partial charge in [0.15, 0.2) is 0 Å². The van der Waals surface area contributed by atoms with Crippen LogP contribution in [0.4, 0.5) is 8.78 Å². The molecular formula is C19H19F2N5O3S. The van der Waals surface area contributed by atoms with Crippen LogP contribution in [0.25, 0.3) is 5.95 Å². The largest absolute Gasteiger partial charge is 0.274 e. The van der Waals surface area contributed by atoms with Crippen molar-refractivity contribution in [3.8, 4) is 5.95 Å². The van der Waals surface area contributed by atoms with Gasteiger partial charge >= 0.3 is 0 Å². The molecule has 0 radical (unpaired) electrons. The molecule has 0 fully saturated rings. The predicted octanol–water partition coefficient (Wildman–Crippen LogP) is 2.22. The van der Waals surface area contributed by atoms with Crippen LogP contribution in [0.1, 0.15) is 28.3 Å². The molecule has 0 aliphatic rings. The van der Waals surface area contributed by atoms with Crippen molar-refractivity contribution in [3.05, 3.63) is 64.2 Å². The molecule has 3 rings (SSSR count). The van der Waals surface area contributed by atoms with Gasteiger partial charge in [-0.25, -0.2) is 36.6 Å². The Kier molecular flexibility index (Phi) is 5.66. The van der Waals surface area contributed by atoms with Gasteiger partial charge in [0.2, 0.25) is 5.91 Å². The quantitative estimate of drug-likeness (QED) is 0.659. The second-order valence-electron chi connectivity index (χ2n) is 6.79. The number of rotatable bonds is 5. The zero-order valence-corrected chi connectivity index (χ0v) is 17.5. The van der Waals surface area contributed by atoms with Crippen LogP contribution in [0, 0.1) is 39.3 Å². The van der Waals surface area contributed by atoms with Crippen molar-refractivity contribution in [2.24, 2.45) is 0 Å². The summed E-state index contributed by atoms with van der Waals surface area (Å²) in [5.74, 6) is -2.76. The van der Waals surface area contributed by atoms with Gasteiger partial charge in [-0.15, -0.1) is 0 Å². The van der Waals surface area contributed by atoms with Crippen LogP contribution >= 0.6 is 0 Å². The van der Waals surface area contributed by atoms with E-state index in [1.54, 1.807) is 18.6 Å². The van der Waals surface area contributed by atoms with Gasteiger partial charge in [0.25, 0.3) is 16.0 Å². The second-order valence-corrected chi connectivity index (χ2v) is 8.44. The minimum Gasteiger partial charge on any atom is -0.274 e. The van der Waals surface area contributed by atoms with E-state index in [0.717, 1.165) is 23.5 Å². The Morgan fingerprint density at radius 2 is 1.70 bits per heavy atom. The average molecular weight is 435 g/mol. The Labute approximate surface area is 172 Å². The highest BCUT2D eigenvalue weighted by molar-refractivity contribution is 7.90. The minimum atomic E-state index is -4.50. The van der Waals surface area contributed by atoms with Gasteiger partial charge in [-0.3, -0.25) is 4.79 Å². The predicted molar refractivity (Wildman–Crippen MR) is 103 cm³/mol. The number of hydrogen-bond donors (Lipinski definition) is 1. The van der Waals surface area contributed by atoms with Crippen LogP contribution < -0.4 is 4.72 Å². The van der Waals surface area contributed by atoms with Crippen LogP contribution in [0.3, 0.4) is 0 Å². The van der Waals surface area contributed by atoms with Gasteiger partial charge in [-0.05, 0) is 45.9 Å². The Morgan fingerprint density at radius 3 is 2.30 bits per heavy atom. The van der Waals surface area contributed by atoms with Crippen molar-refractivity contribution in [1.82, 2.24) is 24.5 Å². The fraction of sp³-hybridized carbons (Fsp3) is 0.263. The molecule has 0 aliphatic carbocycles. The van der Waals surface area contributed by atoms with Crippen LogP contribution in [-0.4, -0.2) is 34.1 Å². The van der Waals surface area contributed by atoms with Gasteiger partial charge in [0.05, 0.1) is 12.1 Å². The SMILES string of the molecule is Cc1cc(C)nc(-n2nc(C)c(CC(=O)NS(=O)(=O)c3ccc(F)cc3F)c2C)n1. The topological polar surface area (TPSA) is 107 Å². The summed E-state index contributed by atoms with van der Waals surface area (Å²) in [6.07, 6.45) is -0.315. The van der Waals surface area contributed by atoms with Gasteiger partial charge in [0, 0.05) is 28.7 Å². The normalized spacial score (nSPS) is 11.5. The molecule has 0 bridgehead atoms. The number of hydrogen-bond acceptors (Lipinski definition) is 6. The van der Waals surface area contributed by atoms with Crippen molar-refractivity contribution in [2.75, 3.05) is 0 Å². The fourth-order valence-electron chi connectivity index (χ4n) is 3.02. The molecule has 1 aromatic carbocycles. The number of benzene rings is 1. The lowest BCUT2D eigenvalue weighted by Crippen LogP contribution is -2.32. The van der Waals surface area contributed by atoms with E-state index in [2.05, 4.69) is 15.1 Å². The van der Waals surface area contributed by atoms with Gasteiger partial charge in [-0.1, -0.05) is 0 Å². The number of nitrogens with zero attached hydrogens (tertiary/aromatic N) is 4. The van der Waals surface area contributed by atoms with E-state index in [1.807, 2.05) is 19.9 Å². The first-order valence-electron chi connectivity index (χ1n) is 8.86. The molecule has 0 saturated carbocycles. The molecular weight excluding hydrogens is 416 g/mol. The summed E-state index contributed by atoms with van der Waals surface area (Å²) in [6.45, 7) is 7.01. The maximum absolute atomic E-state index is 13.8. The average Bonchev–Trinajstić information content (AvgIpc) is 2.88. The van der Waals surface area contributed by atoms with Crippen molar-refractivity contribution < 1.29 is 22.0 Å². The monoisotopic (exact) mass is 435 g/mol. The molecule has 0 atom stereocenters. The van der Waals surface area contributed by atoms with E-state index in [9.17, 15) is 22.0 Å². The van der Waals surface area contributed by atoms with E-state index in [1.165, 1.54) is 4.68 Å². The first-order valence-corrected chi connectivity index (χ1v) is 10.3. The Bertz CT molecular complexity index is 1240. The molecule has 2 heterocycles. The summed E-state index contributed by atoms with van der Waals surface area (Å²) >= 11 is 0. The number of aromatic nitrogens is 4. The van der Waals surface area contributed by atoms with Gasteiger partial charge in [-0.2, -0.15) is 5.10 Å². The number of amides is 1. The van der Waals surface area contributed by atoms with E-state index >= 15 is 0 Å². The number of halogens is 2. The highest BCUT2D eigenvalue weighted by Gasteiger charge is 2.24. The standard InChI is InChI=1S/C19H19F2N5O3S/c1-10-7-11(2)23-19(22-10)26-13(4)15(12(3)24-26)9-18(27)25-30(28,29)17-6-5-14(20)8-16(17)21/h5-8H,9H2,1-4H3,(H,25,27). The number of carbonyl (C=O) groups excluding carboxylic acids is 1. The van der Waals surface area contributed by atoms with Gasteiger partial charge in [0.1, 0.15) is 16.5 Å². The third-order valence-corrected chi connectivity index (χ3v) is 5.78. The molecule has 1 N–H and O–H groups in total. The maximum Gasteiger partial charge on any atom is 0.266 e. The number of sulfonamides is 1. The molecule has 11 heteroatoms. The molecule has 0 unspecified atom stereocenters. The van der Waals surface area contributed by atoms with Crippen LogP contribution in [-0.2, 0) is 21.2 Å². The summed E-state index contributed by atoms with van der Waals surface area (Å²) in [7, 11) is -4.50. The molecule has 8 nitrogen and oxygen atoms in total. The molecule has 2 aromatic heterocycles. The molecule has 1 amide bonds. The zero-order valence-electron chi connectivity index (χ0n) is 16.7. The fourth-order valence-corrected chi connectivity index (χ4v) is 4.07. The summed E-state index contributed by atoms with van der Waals surface area (Å²) in [6, 6.07) is 3.79. The highest BCUT2D eigenvalue weighted by Crippen LogP contribution is 2.19. The zero-order chi connectivity index (χ0) is 22.2. The second kappa shape index (κ2) is 7.90. The first-order chi connectivity index (χ1) is 14.0. The molecule has 3 aromatic rings. The van der Waals surface area contributed by atoms with Crippen molar-refractivity contribution in [2.45, 2.75) is 39.0 Å². The lowest BCUT2D eigenvalue weighted by atomic mass is 10.1.